The Labute approximate surface area is 101 Å². The van der Waals surface area contributed by atoms with Gasteiger partial charge in [-0.1, -0.05) is 0 Å². The Morgan fingerprint density at radius 3 is 2.94 bits per heavy atom. The van der Waals surface area contributed by atoms with Gasteiger partial charge < -0.3 is 10.2 Å². The van der Waals surface area contributed by atoms with Gasteiger partial charge in [-0.05, 0) is 19.8 Å². The zero-order chi connectivity index (χ0) is 12.3. The smallest absolute Gasteiger partial charge is 0.268 e. The lowest BCUT2D eigenvalue weighted by Crippen LogP contribution is -2.30. The average molecular weight is 236 g/mol. The lowest BCUT2D eigenvalue weighted by atomic mass is 10.4. The summed E-state index contributed by atoms with van der Waals surface area (Å²) in [6.45, 7) is 4.38. The second kappa shape index (κ2) is 5.31. The molecule has 0 saturated heterocycles. The van der Waals surface area contributed by atoms with Crippen LogP contribution in [0.25, 0.3) is 0 Å². The molecule has 2 rings (SSSR count). The van der Waals surface area contributed by atoms with Crippen molar-refractivity contribution in [1.82, 2.24) is 15.1 Å². The van der Waals surface area contributed by atoms with E-state index in [4.69, 9.17) is 0 Å². The number of anilines is 1. The summed E-state index contributed by atoms with van der Waals surface area (Å²) in [5.41, 5.74) is 0.851. The van der Waals surface area contributed by atoms with E-state index >= 15 is 0 Å². The lowest BCUT2D eigenvalue weighted by Gasteiger charge is -2.16. The van der Waals surface area contributed by atoms with Crippen LogP contribution in [0.3, 0.4) is 0 Å². The standard InChI is InChI=1S/C12H20N4O/c1-3-15(2)11-8-12(17)16(14-9-11)7-6-13-10-4-5-10/h8-10,13H,3-7H2,1-2H3. The van der Waals surface area contributed by atoms with E-state index in [1.807, 2.05) is 18.9 Å². The van der Waals surface area contributed by atoms with Crippen LogP contribution in [-0.2, 0) is 6.54 Å². The second-order valence-corrected chi connectivity index (χ2v) is 4.52. The second-order valence-electron chi connectivity index (χ2n) is 4.52. The van der Waals surface area contributed by atoms with Crippen molar-refractivity contribution in [2.45, 2.75) is 32.4 Å². The fourth-order valence-corrected chi connectivity index (χ4v) is 1.65. The average Bonchev–Trinajstić information content (AvgIpc) is 3.14. The minimum atomic E-state index is -0.0274. The van der Waals surface area contributed by atoms with Gasteiger partial charge in [-0.2, -0.15) is 5.10 Å². The Kier molecular flexibility index (Phi) is 3.78. The Hall–Kier alpha value is -1.36. The van der Waals surface area contributed by atoms with Gasteiger partial charge in [0.25, 0.3) is 5.56 Å². The van der Waals surface area contributed by atoms with E-state index in [0.29, 0.717) is 12.6 Å². The van der Waals surface area contributed by atoms with E-state index in [0.717, 1.165) is 18.8 Å². The van der Waals surface area contributed by atoms with Crippen molar-refractivity contribution < 1.29 is 0 Å². The number of nitrogens with zero attached hydrogens (tertiary/aromatic N) is 3. The van der Waals surface area contributed by atoms with Gasteiger partial charge in [0, 0.05) is 32.2 Å². The van der Waals surface area contributed by atoms with Crippen LogP contribution in [-0.4, -0.2) is 36.0 Å². The maximum Gasteiger partial charge on any atom is 0.268 e. The third-order valence-corrected chi connectivity index (χ3v) is 3.10. The summed E-state index contributed by atoms with van der Waals surface area (Å²) in [7, 11) is 1.95. The van der Waals surface area contributed by atoms with Crippen molar-refractivity contribution in [2.75, 3.05) is 25.0 Å². The molecule has 17 heavy (non-hydrogen) atoms. The highest BCUT2D eigenvalue weighted by Gasteiger charge is 2.19. The zero-order valence-corrected chi connectivity index (χ0v) is 10.5. The first-order chi connectivity index (χ1) is 8.20. The van der Waals surface area contributed by atoms with Gasteiger partial charge in [0.2, 0.25) is 0 Å². The number of aromatic nitrogens is 2. The minimum absolute atomic E-state index is 0.0274. The van der Waals surface area contributed by atoms with Crippen LogP contribution in [0.5, 0.6) is 0 Å². The number of nitrogens with one attached hydrogen (secondary N) is 1. The van der Waals surface area contributed by atoms with Gasteiger partial charge in [0.05, 0.1) is 18.4 Å². The monoisotopic (exact) mass is 236 g/mol. The van der Waals surface area contributed by atoms with Gasteiger partial charge in [0.15, 0.2) is 0 Å². The Bertz CT molecular complexity index is 425. The summed E-state index contributed by atoms with van der Waals surface area (Å²) in [6, 6.07) is 2.32. The molecule has 0 spiro atoms. The molecule has 0 aromatic carbocycles. The van der Waals surface area contributed by atoms with E-state index in [-0.39, 0.29) is 5.56 Å². The molecular formula is C12H20N4O. The van der Waals surface area contributed by atoms with E-state index in [2.05, 4.69) is 10.4 Å². The molecule has 94 valence electrons. The summed E-state index contributed by atoms with van der Waals surface area (Å²) in [4.78, 5) is 13.8. The molecule has 1 aromatic rings. The molecule has 1 saturated carbocycles. The Morgan fingerprint density at radius 2 is 2.35 bits per heavy atom. The SMILES string of the molecule is CCN(C)c1cnn(CCNC2CC2)c(=O)c1. The summed E-state index contributed by atoms with van der Waals surface area (Å²) < 4.78 is 1.52. The largest absolute Gasteiger partial charge is 0.373 e. The van der Waals surface area contributed by atoms with Gasteiger partial charge in [0.1, 0.15) is 0 Å². The summed E-state index contributed by atoms with van der Waals surface area (Å²) >= 11 is 0. The van der Waals surface area contributed by atoms with Crippen LogP contribution >= 0.6 is 0 Å². The molecule has 0 aliphatic heterocycles. The first kappa shape index (κ1) is 12.1. The topological polar surface area (TPSA) is 50.2 Å². The maximum absolute atomic E-state index is 11.8. The van der Waals surface area contributed by atoms with Crippen LogP contribution in [0.1, 0.15) is 19.8 Å². The van der Waals surface area contributed by atoms with E-state index < -0.39 is 0 Å². The number of hydrogen-bond donors (Lipinski definition) is 1. The van der Waals surface area contributed by atoms with Crippen molar-refractivity contribution in [3.8, 4) is 0 Å². The maximum atomic E-state index is 11.8. The highest BCUT2D eigenvalue weighted by atomic mass is 16.1. The molecule has 5 nitrogen and oxygen atoms in total. The molecule has 0 radical (unpaired) electrons. The number of hydrogen-bond acceptors (Lipinski definition) is 4. The highest BCUT2D eigenvalue weighted by Crippen LogP contribution is 2.17. The highest BCUT2D eigenvalue weighted by molar-refractivity contribution is 5.41. The van der Waals surface area contributed by atoms with Gasteiger partial charge in [-0.3, -0.25) is 4.79 Å². The molecule has 0 bridgehead atoms. The number of rotatable bonds is 6. The van der Waals surface area contributed by atoms with Gasteiger partial charge in [-0.15, -0.1) is 0 Å². The van der Waals surface area contributed by atoms with E-state index in [1.54, 1.807) is 12.3 Å². The molecule has 1 aromatic heterocycles. The third-order valence-electron chi connectivity index (χ3n) is 3.10. The summed E-state index contributed by atoms with van der Waals surface area (Å²) in [5, 5.41) is 7.56. The normalized spacial score (nSPS) is 14.9. The lowest BCUT2D eigenvalue weighted by molar-refractivity contribution is 0.530. The van der Waals surface area contributed by atoms with Crippen LogP contribution in [0.15, 0.2) is 17.1 Å². The molecule has 5 heteroatoms. The minimum Gasteiger partial charge on any atom is -0.373 e. The van der Waals surface area contributed by atoms with Gasteiger partial charge >= 0.3 is 0 Å². The molecule has 0 atom stereocenters. The van der Waals surface area contributed by atoms with Crippen LogP contribution < -0.4 is 15.8 Å². The fraction of sp³-hybridized carbons (Fsp3) is 0.667. The van der Waals surface area contributed by atoms with Gasteiger partial charge in [-0.25, -0.2) is 4.68 Å². The van der Waals surface area contributed by atoms with Crippen molar-refractivity contribution >= 4 is 5.69 Å². The predicted molar refractivity (Wildman–Crippen MR) is 68.5 cm³/mol. The molecule has 1 aliphatic carbocycles. The van der Waals surface area contributed by atoms with Crippen LogP contribution in [0.4, 0.5) is 5.69 Å². The van der Waals surface area contributed by atoms with Crippen molar-refractivity contribution in [2.24, 2.45) is 0 Å². The molecule has 1 fully saturated rings. The summed E-state index contributed by atoms with van der Waals surface area (Å²) in [6.07, 6.45) is 4.28. The van der Waals surface area contributed by atoms with E-state index in [9.17, 15) is 4.79 Å². The fourth-order valence-electron chi connectivity index (χ4n) is 1.65. The van der Waals surface area contributed by atoms with Crippen LogP contribution in [0.2, 0.25) is 0 Å². The van der Waals surface area contributed by atoms with E-state index in [1.165, 1.54) is 17.5 Å². The molecule has 1 N–H and O–H groups in total. The first-order valence-electron chi connectivity index (χ1n) is 6.22. The summed E-state index contributed by atoms with van der Waals surface area (Å²) in [5.74, 6) is 0. The Morgan fingerprint density at radius 1 is 1.59 bits per heavy atom. The third kappa shape index (κ3) is 3.30. The van der Waals surface area contributed by atoms with Crippen LogP contribution in [0, 0.1) is 0 Å². The van der Waals surface area contributed by atoms with Crippen molar-refractivity contribution in [3.63, 3.8) is 0 Å². The Balaban J connectivity index is 1.95. The quantitative estimate of drug-likeness (QED) is 0.779. The van der Waals surface area contributed by atoms with Crippen molar-refractivity contribution in [1.29, 1.82) is 0 Å². The predicted octanol–water partition coefficient (Wildman–Crippen LogP) is 0.451. The molecular weight excluding hydrogens is 216 g/mol. The molecule has 0 amide bonds. The zero-order valence-electron chi connectivity index (χ0n) is 10.5. The molecule has 0 unspecified atom stereocenters. The first-order valence-corrected chi connectivity index (χ1v) is 6.22. The molecule has 1 heterocycles. The van der Waals surface area contributed by atoms with Crippen molar-refractivity contribution in [3.05, 3.63) is 22.6 Å². The molecule has 1 aliphatic rings.